The molecule has 0 N–H and O–H groups in total. The van der Waals surface area contributed by atoms with Crippen molar-refractivity contribution < 1.29 is 0 Å². The van der Waals surface area contributed by atoms with Gasteiger partial charge in [-0.05, 0) is 24.3 Å². The molecule has 0 spiro atoms. The lowest BCUT2D eigenvalue weighted by Gasteiger charge is -2.14. The molecule has 1 aliphatic rings. The number of nitrogens with zero attached hydrogens (tertiary/aromatic N) is 2. The first-order valence-corrected chi connectivity index (χ1v) is 9.60. The molecule has 2 aromatic carbocycles. The Hall–Kier alpha value is -1.43. The third-order valence-corrected chi connectivity index (χ3v) is 6.57. The maximum absolute atomic E-state index is 12.8. The average molecular weight is 361 g/mol. The summed E-state index contributed by atoms with van der Waals surface area (Å²) in [5.74, 6) is 1.68. The van der Waals surface area contributed by atoms with Crippen LogP contribution in [0.1, 0.15) is 6.04 Å². The van der Waals surface area contributed by atoms with E-state index in [4.69, 9.17) is 11.6 Å². The Bertz CT molecular complexity index is 941. The first-order valence-electron chi connectivity index (χ1n) is 7.25. The van der Waals surface area contributed by atoms with E-state index in [1.54, 1.807) is 23.5 Å². The quantitative estimate of drug-likeness (QED) is 0.509. The molecule has 0 unspecified atom stereocenters. The fraction of sp³-hybridized carbons (Fsp3) is 0.176. The number of benzene rings is 2. The number of thioether (sulfide) groups is 2. The highest BCUT2D eigenvalue weighted by Crippen LogP contribution is 2.36. The van der Waals surface area contributed by atoms with Gasteiger partial charge in [-0.3, -0.25) is 9.36 Å². The van der Waals surface area contributed by atoms with Crippen molar-refractivity contribution in [1.82, 2.24) is 9.55 Å². The van der Waals surface area contributed by atoms with Crippen LogP contribution >= 0.6 is 35.1 Å². The van der Waals surface area contributed by atoms with Gasteiger partial charge in [-0.1, -0.05) is 47.6 Å². The summed E-state index contributed by atoms with van der Waals surface area (Å²) in [6.07, 6.45) is 0. The van der Waals surface area contributed by atoms with Crippen molar-refractivity contribution in [3.63, 3.8) is 0 Å². The van der Waals surface area contributed by atoms with Gasteiger partial charge in [0.15, 0.2) is 5.16 Å². The lowest BCUT2D eigenvalue weighted by atomic mass is 10.2. The van der Waals surface area contributed by atoms with Crippen molar-refractivity contribution in [3.05, 3.63) is 63.9 Å². The van der Waals surface area contributed by atoms with E-state index in [1.807, 2.05) is 53.1 Å². The number of aromatic nitrogens is 2. The van der Waals surface area contributed by atoms with Crippen LogP contribution in [0.3, 0.4) is 0 Å². The number of halogens is 1. The average Bonchev–Trinajstić information content (AvgIpc) is 2.98. The maximum atomic E-state index is 12.8. The summed E-state index contributed by atoms with van der Waals surface area (Å²) in [5.41, 5.74) is 0.830. The van der Waals surface area contributed by atoms with Gasteiger partial charge in [-0.15, -0.1) is 11.8 Å². The van der Waals surface area contributed by atoms with E-state index in [-0.39, 0.29) is 11.6 Å². The van der Waals surface area contributed by atoms with Crippen LogP contribution in [-0.2, 0) is 0 Å². The normalized spacial score (nSPS) is 16.7. The molecule has 116 valence electrons. The zero-order valence-electron chi connectivity index (χ0n) is 12.1. The van der Waals surface area contributed by atoms with E-state index in [9.17, 15) is 4.79 Å². The van der Waals surface area contributed by atoms with Gasteiger partial charge in [0, 0.05) is 16.4 Å². The zero-order valence-corrected chi connectivity index (χ0v) is 14.5. The third-order valence-electron chi connectivity index (χ3n) is 3.81. The first-order chi connectivity index (χ1) is 11.2. The van der Waals surface area contributed by atoms with Crippen molar-refractivity contribution in [2.45, 2.75) is 16.1 Å². The molecule has 23 heavy (non-hydrogen) atoms. The molecule has 0 amide bonds. The standard InChI is InChI=1S/C17H13ClN2OS2/c18-13-6-2-4-8-15(13)22-9-11-10-23-17-19-14-7-3-1-5-12(14)16(21)20(11)17/h1-8,11H,9-10H2/t11-/m0/s1. The number of para-hydroxylation sites is 1. The largest absolute Gasteiger partial charge is 0.282 e. The summed E-state index contributed by atoms with van der Waals surface area (Å²) in [6, 6.07) is 15.5. The van der Waals surface area contributed by atoms with Crippen molar-refractivity contribution in [3.8, 4) is 0 Å². The van der Waals surface area contributed by atoms with Gasteiger partial charge in [0.05, 0.1) is 22.0 Å². The molecule has 2 heterocycles. The van der Waals surface area contributed by atoms with Gasteiger partial charge in [0.25, 0.3) is 5.56 Å². The fourth-order valence-corrected chi connectivity index (χ4v) is 5.28. The molecular weight excluding hydrogens is 348 g/mol. The molecule has 3 aromatic rings. The zero-order chi connectivity index (χ0) is 15.8. The topological polar surface area (TPSA) is 34.9 Å². The predicted molar refractivity (Wildman–Crippen MR) is 97.9 cm³/mol. The molecule has 0 bridgehead atoms. The van der Waals surface area contributed by atoms with Gasteiger partial charge in [0.2, 0.25) is 0 Å². The van der Waals surface area contributed by atoms with E-state index in [2.05, 4.69) is 4.98 Å². The highest BCUT2D eigenvalue weighted by molar-refractivity contribution is 8.00. The SMILES string of the molecule is O=c1c2ccccc2nc2n1[C@@H](CSc1ccccc1Cl)CS2. The monoisotopic (exact) mass is 360 g/mol. The van der Waals surface area contributed by atoms with Crippen molar-refractivity contribution in [2.24, 2.45) is 0 Å². The van der Waals surface area contributed by atoms with E-state index >= 15 is 0 Å². The van der Waals surface area contributed by atoms with Crippen molar-refractivity contribution in [1.29, 1.82) is 0 Å². The fourth-order valence-electron chi connectivity index (χ4n) is 2.67. The molecule has 0 aliphatic carbocycles. The Labute approximate surface area is 147 Å². The Morgan fingerprint density at radius 1 is 1.22 bits per heavy atom. The van der Waals surface area contributed by atoms with Crippen molar-refractivity contribution >= 4 is 46.0 Å². The molecule has 0 saturated carbocycles. The number of fused-ring (bicyclic) bond motifs is 2. The van der Waals surface area contributed by atoms with Crippen LogP contribution in [0.2, 0.25) is 5.02 Å². The minimum atomic E-state index is 0.0559. The first kappa shape index (κ1) is 15.1. The highest BCUT2D eigenvalue weighted by Gasteiger charge is 2.26. The van der Waals surface area contributed by atoms with Gasteiger partial charge in [-0.2, -0.15) is 0 Å². The van der Waals surface area contributed by atoms with Crippen LogP contribution in [0.4, 0.5) is 0 Å². The number of hydrogen-bond acceptors (Lipinski definition) is 4. The van der Waals surface area contributed by atoms with E-state index < -0.39 is 0 Å². The van der Waals surface area contributed by atoms with Crippen LogP contribution in [0, 0.1) is 0 Å². The van der Waals surface area contributed by atoms with E-state index in [0.717, 1.165) is 32.1 Å². The summed E-state index contributed by atoms with van der Waals surface area (Å²) in [5, 5.41) is 2.26. The Kier molecular flexibility index (Phi) is 4.09. The number of hydrogen-bond donors (Lipinski definition) is 0. The Morgan fingerprint density at radius 2 is 2.00 bits per heavy atom. The second-order valence-corrected chi connectivity index (χ2v) is 7.75. The smallest absolute Gasteiger partial charge is 0.262 e. The molecule has 0 saturated heterocycles. The van der Waals surface area contributed by atoms with Crippen molar-refractivity contribution in [2.75, 3.05) is 11.5 Å². The summed E-state index contributed by atoms with van der Waals surface area (Å²) >= 11 is 9.55. The highest BCUT2D eigenvalue weighted by atomic mass is 35.5. The second-order valence-electron chi connectivity index (χ2n) is 5.29. The van der Waals surface area contributed by atoms with Crippen LogP contribution in [-0.4, -0.2) is 21.1 Å². The molecule has 0 radical (unpaired) electrons. The Morgan fingerprint density at radius 3 is 2.87 bits per heavy atom. The lowest BCUT2D eigenvalue weighted by Crippen LogP contribution is -2.25. The molecular formula is C17H13ClN2OS2. The second kappa shape index (κ2) is 6.23. The predicted octanol–water partition coefficient (Wildman–Crippen LogP) is 4.49. The minimum Gasteiger partial charge on any atom is -0.282 e. The summed E-state index contributed by atoms with van der Waals surface area (Å²) < 4.78 is 1.84. The van der Waals surface area contributed by atoms with Crippen LogP contribution in [0.25, 0.3) is 10.9 Å². The lowest BCUT2D eigenvalue weighted by molar-refractivity contribution is 0.558. The third kappa shape index (κ3) is 2.77. The van der Waals surface area contributed by atoms with Gasteiger partial charge in [0.1, 0.15) is 0 Å². The molecule has 4 rings (SSSR count). The Balaban J connectivity index is 1.66. The summed E-state index contributed by atoms with van der Waals surface area (Å²) in [7, 11) is 0. The van der Waals surface area contributed by atoms with E-state index in [1.165, 1.54) is 0 Å². The van der Waals surface area contributed by atoms with Crippen LogP contribution in [0.15, 0.2) is 63.4 Å². The van der Waals surface area contributed by atoms with E-state index in [0.29, 0.717) is 5.39 Å². The molecule has 1 atom stereocenters. The van der Waals surface area contributed by atoms with Crippen LogP contribution in [0.5, 0.6) is 0 Å². The van der Waals surface area contributed by atoms with Crippen LogP contribution < -0.4 is 5.56 Å². The van der Waals surface area contributed by atoms with Gasteiger partial charge < -0.3 is 0 Å². The molecule has 6 heteroatoms. The molecule has 1 aromatic heterocycles. The van der Waals surface area contributed by atoms with Gasteiger partial charge >= 0.3 is 0 Å². The minimum absolute atomic E-state index is 0.0559. The summed E-state index contributed by atoms with van der Waals surface area (Å²) in [6.45, 7) is 0. The summed E-state index contributed by atoms with van der Waals surface area (Å²) in [4.78, 5) is 18.5. The molecule has 1 aliphatic heterocycles. The maximum Gasteiger partial charge on any atom is 0.262 e. The van der Waals surface area contributed by atoms with Gasteiger partial charge in [-0.25, -0.2) is 4.98 Å². The molecule has 3 nitrogen and oxygen atoms in total. The number of rotatable bonds is 3. The molecule has 0 fully saturated rings.